The molecule has 4 atom stereocenters. The molecular weight excluding hydrogens is 664 g/mol. The normalized spacial score (nSPS) is 16.2. The Hall–Kier alpha value is -4.35. The van der Waals surface area contributed by atoms with Crippen LogP contribution in [0.5, 0.6) is 0 Å². The van der Waals surface area contributed by atoms with Crippen LogP contribution < -0.4 is 16.8 Å². The number of aromatic nitrogens is 6. The number of hydrogen-bond acceptors (Lipinski definition) is 12. The molecule has 2 aromatic heterocycles. The molecule has 3 aromatic rings. The van der Waals surface area contributed by atoms with Crippen molar-refractivity contribution in [3.8, 4) is 0 Å². The fraction of sp³-hybridized carbons (Fsp3) is 0.576. The van der Waals surface area contributed by atoms with Crippen LogP contribution in [0.4, 0.5) is 4.79 Å². The molecule has 7 N–H and O–H groups in total. The first-order valence-corrected chi connectivity index (χ1v) is 17.8. The van der Waals surface area contributed by atoms with Gasteiger partial charge in [-0.05, 0) is 55.5 Å². The summed E-state index contributed by atoms with van der Waals surface area (Å²) in [5.41, 5.74) is 12.0. The lowest BCUT2D eigenvalue weighted by atomic mass is 9.83. The molecule has 4 rings (SSSR count). The number of H-pyrrole nitrogens is 1. The number of nitrogens with two attached hydrogens (primary N) is 2. The SMILES string of the molecule is CC(C)(C)OC(=O)N(C(=O)[C@H](Cc1c[nH]cn1)NC(=O)[C@@H](N)Cc1ccccc1)[C@@H](CC1CCCCC1)C(O)CSc1nnnn1CC(N)=O. The van der Waals surface area contributed by atoms with Crippen molar-refractivity contribution in [1.82, 2.24) is 40.4 Å². The molecule has 0 spiro atoms. The third-order valence-electron chi connectivity index (χ3n) is 8.31. The van der Waals surface area contributed by atoms with Crippen LogP contribution in [0.2, 0.25) is 0 Å². The maximum Gasteiger partial charge on any atom is 0.417 e. The second kappa shape index (κ2) is 18.1. The van der Waals surface area contributed by atoms with Gasteiger partial charge in [-0.2, -0.15) is 0 Å². The van der Waals surface area contributed by atoms with Crippen LogP contribution in [-0.4, -0.2) is 99.6 Å². The van der Waals surface area contributed by atoms with Crippen molar-refractivity contribution >= 4 is 35.6 Å². The van der Waals surface area contributed by atoms with Gasteiger partial charge in [-0.15, -0.1) is 5.10 Å². The summed E-state index contributed by atoms with van der Waals surface area (Å²) in [4.78, 5) is 61.9. The van der Waals surface area contributed by atoms with E-state index >= 15 is 0 Å². The smallest absolute Gasteiger partial charge is 0.417 e. The zero-order chi connectivity index (χ0) is 36.3. The lowest BCUT2D eigenvalue weighted by Crippen LogP contribution is -2.60. The number of aromatic amines is 1. The highest BCUT2D eigenvalue weighted by Crippen LogP contribution is 2.32. The molecule has 2 heterocycles. The molecule has 272 valence electrons. The lowest BCUT2D eigenvalue weighted by molar-refractivity contribution is -0.140. The van der Waals surface area contributed by atoms with Crippen molar-refractivity contribution < 1.29 is 29.0 Å². The molecule has 16 nitrogen and oxygen atoms in total. The third kappa shape index (κ3) is 11.6. The minimum Gasteiger partial charge on any atom is -0.443 e. The van der Waals surface area contributed by atoms with E-state index in [9.17, 15) is 24.3 Å². The number of aliphatic hydroxyl groups is 1. The van der Waals surface area contributed by atoms with E-state index in [1.165, 1.54) is 11.0 Å². The quantitative estimate of drug-likeness (QED) is 0.134. The topological polar surface area (TPSA) is 237 Å². The van der Waals surface area contributed by atoms with Gasteiger partial charge in [0, 0.05) is 18.4 Å². The summed E-state index contributed by atoms with van der Waals surface area (Å²) in [6.45, 7) is 4.78. The molecule has 0 radical (unpaired) electrons. The number of hydrogen-bond donors (Lipinski definition) is 5. The standard InChI is InChI=1S/C33H48N10O6S/c1-33(2,3)49-32(48)43(26(15-22-12-8-5-9-13-22)27(44)19-50-31-39-40-41-42(31)18-28(35)45)30(47)25(16-23-17-36-20-37-23)38-29(46)24(34)14-21-10-6-4-7-11-21/h4,6-7,10-11,17,20,22,24-27,44H,5,8-9,12-16,18-19,34H2,1-3H3,(H2,35,45)(H,36,37)(H,38,46)/t24-,25-,26-,27?/m0/s1. The highest BCUT2D eigenvalue weighted by atomic mass is 32.2. The number of rotatable bonds is 16. The van der Waals surface area contributed by atoms with Crippen LogP contribution in [0.3, 0.4) is 0 Å². The minimum atomic E-state index is -1.28. The molecule has 50 heavy (non-hydrogen) atoms. The van der Waals surface area contributed by atoms with Gasteiger partial charge in [0.2, 0.25) is 17.0 Å². The Bertz CT molecular complexity index is 1540. The van der Waals surface area contributed by atoms with Gasteiger partial charge in [0.05, 0.1) is 30.2 Å². The van der Waals surface area contributed by atoms with Gasteiger partial charge in [-0.3, -0.25) is 14.4 Å². The summed E-state index contributed by atoms with van der Waals surface area (Å²) >= 11 is 1.05. The van der Waals surface area contributed by atoms with E-state index in [1.807, 2.05) is 30.3 Å². The number of imidazole rings is 1. The predicted molar refractivity (Wildman–Crippen MR) is 184 cm³/mol. The second-order valence-electron chi connectivity index (χ2n) is 13.6. The second-order valence-corrected chi connectivity index (χ2v) is 14.6. The minimum absolute atomic E-state index is 0.0402. The summed E-state index contributed by atoms with van der Waals surface area (Å²) in [5, 5.41) is 26.2. The van der Waals surface area contributed by atoms with Crippen molar-refractivity contribution in [3.05, 3.63) is 54.1 Å². The number of benzene rings is 1. The zero-order valence-electron chi connectivity index (χ0n) is 28.7. The van der Waals surface area contributed by atoms with Crippen LogP contribution in [-0.2, 0) is 38.5 Å². The van der Waals surface area contributed by atoms with E-state index < -0.39 is 53.6 Å². The van der Waals surface area contributed by atoms with Crippen LogP contribution in [0.1, 0.15) is 70.6 Å². The molecular formula is C33H48N10O6S. The zero-order valence-corrected chi connectivity index (χ0v) is 29.6. The number of primary amides is 1. The first-order valence-electron chi connectivity index (χ1n) is 16.8. The monoisotopic (exact) mass is 712 g/mol. The van der Waals surface area contributed by atoms with Gasteiger partial charge in [-0.1, -0.05) is 74.2 Å². The van der Waals surface area contributed by atoms with Gasteiger partial charge in [-0.25, -0.2) is 19.4 Å². The highest BCUT2D eigenvalue weighted by molar-refractivity contribution is 7.99. The van der Waals surface area contributed by atoms with Crippen LogP contribution in [0.15, 0.2) is 48.0 Å². The molecule has 0 saturated heterocycles. The van der Waals surface area contributed by atoms with Crippen molar-refractivity contribution in [1.29, 1.82) is 0 Å². The molecule has 0 bridgehead atoms. The van der Waals surface area contributed by atoms with E-state index in [-0.39, 0.29) is 36.2 Å². The summed E-state index contributed by atoms with van der Waals surface area (Å²) in [6, 6.07) is 5.93. The number of ether oxygens (including phenoxy) is 1. The van der Waals surface area contributed by atoms with E-state index in [1.54, 1.807) is 27.0 Å². The summed E-state index contributed by atoms with van der Waals surface area (Å²) in [7, 11) is 0. The Morgan fingerprint density at radius 1 is 1.14 bits per heavy atom. The van der Waals surface area contributed by atoms with Gasteiger partial charge in [0.15, 0.2) is 0 Å². The summed E-state index contributed by atoms with van der Waals surface area (Å²) in [5.74, 6) is -1.93. The lowest BCUT2D eigenvalue weighted by Gasteiger charge is -2.38. The molecule has 1 aliphatic carbocycles. The molecule has 4 amide bonds. The number of carbonyl (C=O) groups is 4. The Morgan fingerprint density at radius 3 is 2.50 bits per heavy atom. The average molecular weight is 713 g/mol. The maximum absolute atomic E-state index is 14.7. The fourth-order valence-electron chi connectivity index (χ4n) is 5.94. The first kappa shape index (κ1) is 38.5. The summed E-state index contributed by atoms with van der Waals surface area (Å²) in [6.07, 6.45) is 6.06. The number of thioether (sulfide) groups is 1. The number of carbonyl (C=O) groups excluding carboxylic acids is 4. The van der Waals surface area contributed by atoms with E-state index in [0.717, 1.165) is 54.3 Å². The molecule has 1 aliphatic rings. The van der Waals surface area contributed by atoms with Gasteiger partial charge >= 0.3 is 6.09 Å². The third-order valence-corrected chi connectivity index (χ3v) is 9.37. The largest absolute Gasteiger partial charge is 0.443 e. The Kier molecular flexibility index (Phi) is 13.9. The Balaban J connectivity index is 1.67. The van der Waals surface area contributed by atoms with E-state index in [2.05, 4.69) is 30.8 Å². The van der Waals surface area contributed by atoms with Gasteiger partial charge in [0.1, 0.15) is 18.2 Å². The van der Waals surface area contributed by atoms with Crippen molar-refractivity contribution in [2.24, 2.45) is 17.4 Å². The van der Waals surface area contributed by atoms with Crippen LogP contribution in [0, 0.1) is 5.92 Å². The number of amides is 4. The molecule has 1 saturated carbocycles. The molecule has 1 unspecified atom stereocenters. The van der Waals surface area contributed by atoms with E-state index in [0.29, 0.717) is 12.1 Å². The Morgan fingerprint density at radius 2 is 1.86 bits per heavy atom. The average Bonchev–Trinajstić information content (AvgIpc) is 3.74. The molecule has 0 aliphatic heterocycles. The van der Waals surface area contributed by atoms with Crippen molar-refractivity contribution in [3.63, 3.8) is 0 Å². The molecule has 1 aromatic carbocycles. The van der Waals surface area contributed by atoms with Crippen LogP contribution >= 0.6 is 11.8 Å². The highest BCUT2D eigenvalue weighted by Gasteiger charge is 2.42. The maximum atomic E-state index is 14.7. The number of aliphatic hydroxyl groups excluding tert-OH is 1. The Labute approximate surface area is 295 Å². The van der Waals surface area contributed by atoms with Crippen molar-refractivity contribution in [2.45, 2.75) is 114 Å². The number of tetrazole rings is 1. The summed E-state index contributed by atoms with van der Waals surface area (Å²) < 4.78 is 6.98. The fourth-order valence-corrected chi connectivity index (χ4v) is 6.82. The predicted octanol–water partition coefficient (Wildman–Crippen LogP) is 1.73. The number of nitrogens with zero attached hydrogens (tertiary/aromatic N) is 6. The number of imide groups is 1. The van der Waals surface area contributed by atoms with Crippen LogP contribution in [0.25, 0.3) is 0 Å². The van der Waals surface area contributed by atoms with Crippen molar-refractivity contribution in [2.75, 3.05) is 5.75 Å². The molecule has 1 fully saturated rings. The van der Waals surface area contributed by atoms with Gasteiger partial charge < -0.3 is 31.6 Å². The number of nitrogens with one attached hydrogen (secondary N) is 2. The first-order chi connectivity index (χ1) is 23.8. The van der Waals surface area contributed by atoms with E-state index in [4.69, 9.17) is 16.2 Å². The van der Waals surface area contributed by atoms with Gasteiger partial charge in [0.25, 0.3) is 5.91 Å². The molecule has 17 heteroatoms.